The number of aryl methyl sites for hydroxylation is 7. The number of hydrogen-bond donors (Lipinski definition) is 0. The molecule has 0 spiro atoms. The van der Waals surface area contributed by atoms with Gasteiger partial charge in [-0.2, -0.15) is 4.39 Å². The molecule has 634 valence electrons. The van der Waals surface area contributed by atoms with Crippen LogP contribution in [-0.4, -0.2) is 122 Å². The Morgan fingerprint density at radius 1 is 0.341 bits per heavy atom. The minimum absolute atomic E-state index is 0.00332. The SMILES string of the molecule is CCC(=O)N(C)c1ccc(-c2ccc(C(=O)CCc3ccc(C)nc3C)cn2)c(Cl)c1.CCC(=O)N(C)c1ccc(-c2ccc(C(=O)CCc3ccc(Cl)nc3)cn2)c(Cl)c1.CCC(=O)N(C)c1ccc(-c2ccc(C(=O)CCc3ccc(F)nc3C)cn2)c(Cl)c1.CCC(=O)N(C)c1ccc(-c2ccc(C(=O)CCc3ccc(OC)nc3)cn2)c(Cl)c1. The molecule has 0 aliphatic heterocycles. The number of anilines is 4. The number of halogens is 6. The minimum atomic E-state index is -0.525. The fourth-order valence-electron chi connectivity index (χ4n) is 12.7. The maximum Gasteiger partial charge on any atom is 0.226 e. The highest BCUT2D eigenvalue weighted by Crippen LogP contribution is 2.36. The van der Waals surface area contributed by atoms with E-state index in [1.165, 1.54) is 12.3 Å². The van der Waals surface area contributed by atoms with E-state index in [2.05, 4.69) is 39.9 Å². The fraction of sp³-hybridized carbons (Fsp3) is 0.250. The van der Waals surface area contributed by atoms with E-state index in [-0.39, 0.29) is 53.2 Å². The molecule has 0 unspecified atom stereocenters. The summed E-state index contributed by atoms with van der Waals surface area (Å²) < 4.78 is 18.2. The number of ether oxygens (including phenoxy) is 1. The Kier molecular flexibility index (Phi) is 35.1. The lowest BCUT2D eigenvalue weighted by Crippen LogP contribution is -2.24. The van der Waals surface area contributed by atoms with Crippen LogP contribution in [0, 0.1) is 26.7 Å². The molecule has 123 heavy (non-hydrogen) atoms. The van der Waals surface area contributed by atoms with Crippen LogP contribution in [0.15, 0.2) is 207 Å². The van der Waals surface area contributed by atoms with Crippen molar-refractivity contribution in [2.24, 2.45) is 0 Å². The molecule has 12 rings (SSSR count). The quantitative estimate of drug-likeness (QED) is 0.0311. The molecule has 0 bridgehead atoms. The summed E-state index contributed by atoms with van der Waals surface area (Å²) in [6.45, 7) is 12.9. The molecule has 0 N–H and O–H groups in total. The van der Waals surface area contributed by atoms with Gasteiger partial charge in [0.05, 0.1) is 50.0 Å². The highest BCUT2D eigenvalue weighted by molar-refractivity contribution is 6.35. The first-order chi connectivity index (χ1) is 58.9. The molecule has 12 aromatic rings. The van der Waals surface area contributed by atoms with Crippen molar-refractivity contribution in [2.45, 2.75) is 126 Å². The van der Waals surface area contributed by atoms with Gasteiger partial charge in [-0.3, -0.25) is 63.3 Å². The lowest BCUT2D eigenvalue weighted by atomic mass is 10.0. The van der Waals surface area contributed by atoms with Crippen molar-refractivity contribution in [3.63, 3.8) is 0 Å². The third-order valence-electron chi connectivity index (χ3n) is 20.3. The van der Waals surface area contributed by atoms with Crippen LogP contribution in [0.5, 0.6) is 5.88 Å². The van der Waals surface area contributed by atoms with Crippen molar-refractivity contribution >= 4 is 128 Å². The number of amides is 4. The molecule has 8 aromatic heterocycles. The number of methoxy groups -OCH3 is 1. The van der Waals surface area contributed by atoms with Gasteiger partial charge >= 0.3 is 0 Å². The second-order valence-electron chi connectivity index (χ2n) is 28.6. The molecule has 4 aromatic carbocycles. The average molecular weight is 1760 g/mol. The number of aromatic nitrogens is 8. The van der Waals surface area contributed by atoms with Gasteiger partial charge in [0.2, 0.25) is 35.5 Å². The Balaban J connectivity index is 0.000000186. The molecule has 0 saturated carbocycles. The van der Waals surface area contributed by atoms with Gasteiger partial charge in [0.25, 0.3) is 0 Å². The summed E-state index contributed by atoms with van der Waals surface area (Å²) in [4.78, 5) is 138. The number of benzene rings is 4. The van der Waals surface area contributed by atoms with Crippen LogP contribution < -0.4 is 24.3 Å². The van der Waals surface area contributed by atoms with Crippen molar-refractivity contribution < 1.29 is 47.5 Å². The summed E-state index contributed by atoms with van der Waals surface area (Å²) in [7, 11) is 8.44. The van der Waals surface area contributed by atoms with Crippen LogP contribution in [0.3, 0.4) is 0 Å². The van der Waals surface area contributed by atoms with Gasteiger partial charge in [0.1, 0.15) is 5.15 Å². The van der Waals surface area contributed by atoms with E-state index in [0.29, 0.717) is 158 Å². The number of carbonyl (C=O) groups excluding carboxylic acids is 8. The molecule has 27 heteroatoms. The van der Waals surface area contributed by atoms with Crippen LogP contribution >= 0.6 is 58.0 Å². The Bertz CT molecular complexity index is 5580. The maximum absolute atomic E-state index is 13.1. The fourth-order valence-corrected chi connectivity index (χ4v) is 13.9. The molecule has 0 fully saturated rings. The van der Waals surface area contributed by atoms with Gasteiger partial charge in [-0.1, -0.05) is 110 Å². The Morgan fingerprint density at radius 3 is 0.911 bits per heavy atom. The van der Waals surface area contributed by atoms with E-state index in [1.807, 2.05) is 107 Å². The topological polar surface area (TPSA) is 262 Å². The molecule has 21 nitrogen and oxygen atoms in total. The van der Waals surface area contributed by atoms with Gasteiger partial charge in [-0.05, 0) is 208 Å². The molecular weight excluding hydrogens is 1660 g/mol. The van der Waals surface area contributed by atoms with E-state index in [4.69, 9.17) is 62.7 Å². The number of ketones is 4. The molecule has 8 heterocycles. The lowest BCUT2D eigenvalue weighted by Gasteiger charge is -2.17. The van der Waals surface area contributed by atoms with Crippen LogP contribution in [0.25, 0.3) is 45.0 Å². The van der Waals surface area contributed by atoms with Gasteiger partial charge in [0.15, 0.2) is 23.1 Å². The number of hydrogen-bond acceptors (Lipinski definition) is 17. The first-order valence-electron chi connectivity index (χ1n) is 39.8. The van der Waals surface area contributed by atoms with Gasteiger partial charge < -0.3 is 24.3 Å². The number of carbonyl (C=O) groups is 8. The standard InChI is InChI=1S/C25H26ClN3O2.C24H23ClFN3O2.C24H24ClN3O3.C23H21Cl2N3O2/c1-5-25(31)29(4)20-10-11-21(22(26)14-20)23-12-8-19(15-27-23)24(30)13-9-18-7-6-16(2)28-17(18)3;1-4-24(31)29(3)18-8-9-19(20(25)13-18)21-10-5-17(14-27-21)22(30)11-6-16-7-12-23(26)28-15(16)2;1-4-24(30)28(2)18-8-9-19(20(25)13-18)21-10-7-17(15-26-21)22(29)11-5-16-6-12-23(31-3)27-14-16;1-3-23(30)28(2)17-7-8-18(19(24)12-17)20-9-6-16(14-26-20)21(29)10-4-15-5-11-22(25)27-13-15/h6-8,10-12,14-15H,5,9,13H2,1-4H3;5,7-10,12-14H,4,6,11H2,1-3H3;6-10,12-15H,4-5,11H2,1-3H3;5-9,11-14H,3-4,10H2,1-2H3. The van der Waals surface area contributed by atoms with Gasteiger partial charge in [0, 0.05) is 207 Å². The molecule has 0 saturated heterocycles. The number of pyridine rings is 8. The molecule has 0 aliphatic carbocycles. The van der Waals surface area contributed by atoms with Crippen molar-refractivity contribution in [1.29, 1.82) is 0 Å². The number of Topliss-reactive ketones (excluding diaryl/α,β-unsaturated/α-hetero) is 4. The molecule has 0 radical (unpaired) electrons. The van der Waals surface area contributed by atoms with Crippen LogP contribution in [0.2, 0.25) is 25.2 Å². The summed E-state index contributed by atoms with van der Waals surface area (Å²) in [6.07, 6.45) is 15.0. The molecule has 4 amide bonds. The third kappa shape index (κ3) is 26.4. The minimum Gasteiger partial charge on any atom is -0.481 e. The van der Waals surface area contributed by atoms with Crippen LogP contribution in [0.4, 0.5) is 27.1 Å². The Hall–Kier alpha value is -12.2. The van der Waals surface area contributed by atoms with Gasteiger partial charge in [-0.15, -0.1) is 0 Å². The zero-order chi connectivity index (χ0) is 89.1. The zero-order valence-electron chi connectivity index (χ0n) is 70.4. The predicted octanol–water partition coefficient (Wildman–Crippen LogP) is 21.7. The predicted molar refractivity (Wildman–Crippen MR) is 487 cm³/mol. The summed E-state index contributed by atoms with van der Waals surface area (Å²) in [5, 5.41) is 2.39. The van der Waals surface area contributed by atoms with Crippen LogP contribution in [-0.2, 0) is 44.9 Å². The third-order valence-corrected chi connectivity index (χ3v) is 21.8. The largest absolute Gasteiger partial charge is 0.481 e. The van der Waals surface area contributed by atoms with Crippen molar-refractivity contribution in [2.75, 3.05) is 54.9 Å². The molecular formula is C96H94Cl5FN12O9. The normalized spacial score (nSPS) is 10.7. The summed E-state index contributed by atoms with van der Waals surface area (Å²) in [6, 6.07) is 49.9. The summed E-state index contributed by atoms with van der Waals surface area (Å²) >= 11 is 31.5. The van der Waals surface area contributed by atoms with Gasteiger partial charge in [-0.25, -0.2) is 15.0 Å². The Labute approximate surface area is 741 Å². The van der Waals surface area contributed by atoms with E-state index in [1.54, 1.807) is 191 Å². The van der Waals surface area contributed by atoms with E-state index in [9.17, 15) is 42.7 Å². The van der Waals surface area contributed by atoms with Crippen molar-refractivity contribution in [3.8, 4) is 50.9 Å². The van der Waals surface area contributed by atoms with E-state index >= 15 is 0 Å². The average Bonchev–Trinajstić information content (AvgIpc) is 0.823. The molecule has 0 aliphatic rings. The number of rotatable bonds is 29. The zero-order valence-corrected chi connectivity index (χ0v) is 74.2. The maximum atomic E-state index is 13.1. The molecule has 0 atom stereocenters. The summed E-state index contributed by atoms with van der Waals surface area (Å²) in [5.41, 5.74) is 17.0. The monoisotopic (exact) mass is 1750 g/mol. The summed E-state index contributed by atoms with van der Waals surface area (Å²) in [5.74, 6) is 0.0559. The number of nitrogens with zero attached hydrogens (tertiary/aromatic N) is 12. The van der Waals surface area contributed by atoms with E-state index < -0.39 is 5.95 Å². The second kappa shape index (κ2) is 45.6. The Morgan fingerprint density at radius 2 is 0.650 bits per heavy atom. The van der Waals surface area contributed by atoms with E-state index in [0.717, 1.165) is 73.0 Å². The smallest absolute Gasteiger partial charge is 0.226 e. The highest BCUT2D eigenvalue weighted by atomic mass is 35.5. The lowest BCUT2D eigenvalue weighted by molar-refractivity contribution is -0.118. The first kappa shape index (κ1) is 94.7. The van der Waals surface area contributed by atoms with Crippen molar-refractivity contribution in [3.05, 3.63) is 300 Å². The second-order valence-corrected chi connectivity index (χ2v) is 30.6. The van der Waals surface area contributed by atoms with Crippen LogP contribution in [0.1, 0.15) is 160 Å². The highest BCUT2D eigenvalue weighted by Gasteiger charge is 2.21. The van der Waals surface area contributed by atoms with Crippen molar-refractivity contribution in [1.82, 2.24) is 39.9 Å². The first-order valence-corrected chi connectivity index (χ1v) is 41.7.